The van der Waals surface area contributed by atoms with Crippen molar-refractivity contribution >= 4 is 21.6 Å². The Balaban J connectivity index is 2.17. The number of hydrogen-bond acceptors (Lipinski definition) is 1. The van der Waals surface area contributed by atoms with Gasteiger partial charge in [-0.25, -0.2) is 0 Å². The highest BCUT2D eigenvalue weighted by Crippen LogP contribution is 2.34. The van der Waals surface area contributed by atoms with Crippen LogP contribution in [0.5, 0.6) is 0 Å². The van der Waals surface area contributed by atoms with E-state index < -0.39 is 11.7 Å². The number of rotatable bonds is 3. The van der Waals surface area contributed by atoms with Crippen LogP contribution in [0.15, 0.2) is 46.9 Å². The van der Waals surface area contributed by atoms with Gasteiger partial charge in [0, 0.05) is 16.7 Å². The predicted octanol–water partition coefficient (Wildman–Crippen LogP) is 5.39. The summed E-state index contributed by atoms with van der Waals surface area (Å²) < 4.78 is 38.6. The highest BCUT2D eigenvalue weighted by Gasteiger charge is 2.30. The molecular weight excluding hydrogens is 331 g/mol. The first-order chi connectivity index (χ1) is 9.36. The molecule has 0 atom stereocenters. The summed E-state index contributed by atoms with van der Waals surface area (Å²) in [5.41, 5.74) is 1.91. The summed E-state index contributed by atoms with van der Waals surface area (Å²) >= 11 is 3.26. The van der Waals surface area contributed by atoms with E-state index in [0.29, 0.717) is 16.7 Å². The van der Waals surface area contributed by atoms with Crippen molar-refractivity contribution in [3.05, 3.63) is 63.6 Å². The van der Waals surface area contributed by atoms with Crippen molar-refractivity contribution in [2.24, 2.45) is 0 Å². The first-order valence-corrected chi connectivity index (χ1v) is 6.82. The minimum absolute atomic E-state index is 0.432. The van der Waals surface area contributed by atoms with Crippen LogP contribution < -0.4 is 5.32 Å². The van der Waals surface area contributed by atoms with Gasteiger partial charge in [0.25, 0.3) is 0 Å². The molecule has 0 saturated heterocycles. The van der Waals surface area contributed by atoms with Crippen molar-refractivity contribution < 1.29 is 13.2 Å². The third kappa shape index (κ3) is 3.76. The minimum atomic E-state index is -4.33. The fourth-order valence-electron chi connectivity index (χ4n) is 1.86. The quantitative estimate of drug-likeness (QED) is 0.787. The third-order valence-corrected chi connectivity index (χ3v) is 3.55. The number of aryl methyl sites for hydroxylation is 1. The SMILES string of the molecule is Cc1cccc(CNc2cc(C(F)(F)F)ccc2Br)c1. The van der Waals surface area contributed by atoms with Gasteiger partial charge in [-0.05, 0) is 46.6 Å². The lowest BCUT2D eigenvalue weighted by Gasteiger charge is -2.13. The van der Waals surface area contributed by atoms with Gasteiger partial charge in [-0.2, -0.15) is 13.2 Å². The molecule has 1 N–H and O–H groups in total. The average molecular weight is 344 g/mol. The van der Waals surface area contributed by atoms with Gasteiger partial charge in [-0.15, -0.1) is 0 Å². The molecule has 0 amide bonds. The molecule has 0 aliphatic carbocycles. The summed E-state index contributed by atoms with van der Waals surface area (Å²) in [4.78, 5) is 0. The smallest absolute Gasteiger partial charge is 0.380 e. The van der Waals surface area contributed by atoms with Crippen molar-refractivity contribution in [2.45, 2.75) is 19.6 Å². The van der Waals surface area contributed by atoms with Crippen molar-refractivity contribution in [1.29, 1.82) is 0 Å². The van der Waals surface area contributed by atoms with Crippen LogP contribution in [0.4, 0.5) is 18.9 Å². The molecule has 5 heteroatoms. The first kappa shape index (κ1) is 14.9. The summed E-state index contributed by atoms with van der Waals surface area (Å²) in [6, 6.07) is 11.4. The normalized spacial score (nSPS) is 11.4. The van der Waals surface area contributed by atoms with Gasteiger partial charge in [0.15, 0.2) is 0 Å². The van der Waals surface area contributed by atoms with Crippen molar-refractivity contribution in [3.63, 3.8) is 0 Å². The highest BCUT2D eigenvalue weighted by atomic mass is 79.9. The second kappa shape index (κ2) is 5.87. The van der Waals surface area contributed by atoms with E-state index in [1.54, 1.807) is 0 Å². The highest BCUT2D eigenvalue weighted by molar-refractivity contribution is 9.10. The van der Waals surface area contributed by atoms with Gasteiger partial charge < -0.3 is 5.32 Å². The average Bonchev–Trinajstić information content (AvgIpc) is 2.36. The fraction of sp³-hybridized carbons (Fsp3) is 0.200. The monoisotopic (exact) mass is 343 g/mol. The van der Waals surface area contributed by atoms with E-state index in [9.17, 15) is 13.2 Å². The number of benzene rings is 2. The van der Waals surface area contributed by atoms with Crippen LogP contribution in [-0.2, 0) is 12.7 Å². The summed E-state index contributed by atoms with van der Waals surface area (Å²) in [5, 5.41) is 3.02. The molecule has 106 valence electrons. The lowest BCUT2D eigenvalue weighted by molar-refractivity contribution is -0.137. The lowest BCUT2D eigenvalue weighted by Crippen LogP contribution is -2.07. The Bertz CT molecular complexity index is 608. The molecule has 2 rings (SSSR count). The molecule has 0 fully saturated rings. The molecule has 0 heterocycles. The van der Waals surface area contributed by atoms with Gasteiger partial charge >= 0.3 is 6.18 Å². The predicted molar refractivity (Wildman–Crippen MR) is 77.6 cm³/mol. The summed E-state index contributed by atoms with van der Waals surface area (Å²) in [6.45, 7) is 2.45. The molecule has 0 aliphatic rings. The van der Waals surface area contributed by atoms with E-state index in [2.05, 4.69) is 21.2 Å². The van der Waals surface area contributed by atoms with E-state index in [4.69, 9.17) is 0 Å². The maximum Gasteiger partial charge on any atom is 0.416 e. The van der Waals surface area contributed by atoms with Gasteiger partial charge in [0.2, 0.25) is 0 Å². The Morgan fingerprint density at radius 2 is 1.85 bits per heavy atom. The molecule has 0 spiro atoms. The standard InChI is InChI=1S/C15H13BrF3N/c1-10-3-2-4-11(7-10)9-20-14-8-12(15(17,18)19)5-6-13(14)16/h2-8,20H,9H2,1H3. The number of hydrogen-bond donors (Lipinski definition) is 1. The van der Waals surface area contributed by atoms with Crippen LogP contribution in [0.2, 0.25) is 0 Å². The molecule has 2 aromatic rings. The molecule has 0 radical (unpaired) electrons. The van der Waals surface area contributed by atoms with Crippen LogP contribution in [0, 0.1) is 6.92 Å². The van der Waals surface area contributed by atoms with Crippen LogP contribution in [0.25, 0.3) is 0 Å². The van der Waals surface area contributed by atoms with E-state index in [0.717, 1.165) is 23.3 Å². The number of alkyl halides is 3. The van der Waals surface area contributed by atoms with Crippen molar-refractivity contribution in [1.82, 2.24) is 0 Å². The Kier molecular flexibility index (Phi) is 4.38. The largest absolute Gasteiger partial charge is 0.416 e. The number of anilines is 1. The zero-order valence-corrected chi connectivity index (χ0v) is 12.3. The summed E-state index contributed by atoms with van der Waals surface area (Å²) in [5.74, 6) is 0. The maximum absolute atomic E-state index is 12.7. The van der Waals surface area contributed by atoms with Gasteiger partial charge in [0.1, 0.15) is 0 Å². The van der Waals surface area contributed by atoms with Crippen LogP contribution in [-0.4, -0.2) is 0 Å². The van der Waals surface area contributed by atoms with Gasteiger partial charge in [-0.1, -0.05) is 29.8 Å². The van der Waals surface area contributed by atoms with Gasteiger partial charge in [-0.3, -0.25) is 0 Å². The molecular formula is C15H13BrF3N. The van der Waals surface area contributed by atoms with Crippen LogP contribution in [0.3, 0.4) is 0 Å². The third-order valence-electron chi connectivity index (χ3n) is 2.86. The molecule has 0 aliphatic heterocycles. The van der Waals surface area contributed by atoms with E-state index in [1.807, 2.05) is 31.2 Å². The molecule has 0 unspecified atom stereocenters. The van der Waals surface area contributed by atoms with E-state index >= 15 is 0 Å². The van der Waals surface area contributed by atoms with Crippen LogP contribution in [0.1, 0.15) is 16.7 Å². The Morgan fingerprint density at radius 3 is 2.50 bits per heavy atom. The number of nitrogens with one attached hydrogen (secondary N) is 1. The zero-order chi connectivity index (χ0) is 14.8. The van der Waals surface area contributed by atoms with Crippen molar-refractivity contribution in [3.8, 4) is 0 Å². The molecule has 0 saturated carbocycles. The summed E-state index contributed by atoms with van der Waals surface area (Å²) in [7, 11) is 0. The topological polar surface area (TPSA) is 12.0 Å². The van der Waals surface area contributed by atoms with Gasteiger partial charge in [0.05, 0.1) is 5.56 Å². The van der Waals surface area contributed by atoms with E-state index in [-0.39, 0.29) is 0 Å². The Morgan fingerprint density at radius 1 is 1.10 bits per heavy atom. The fourth-order valence-corrected chi connectivity index (χ4v) is 2.24. The zero-order valence-electron chi connectivity index (χ0n) is 10.8. The minimum Gasteiger partial charge on any atom is -0.380 e. The second-order valence-electron chi connectivity index (χ2n) is 4.53. The molecule has 2 aromatic carbocycles. The molecule has 0 bridgehead atoms. The van der Waals surface area contributed by atoms with Crippen LogP contribution >= 0.6 is 15.9 Å². The first-order valence-electron chi connectivity index (χ1n) is 6.02. The van der Waals surface area contributed by atoms with Crippen molar-refractivity contribution in [2.75, 3.05) is 5.32 Å². The molecule has 20 heavy (non-hydrogen) atoms. The number of halogens is 4. The van der Waals surface area contributed by atoms with E-state index in [1.165, 1.54) is 6.07 Å². The maximum atomic E-state index is 12.7. The molecule has 1 nitrogen and oxygen atoms in total. The lowest BCUT2D eigenvalue weighted by atomic mass is 10.1. The second-order valence-corrected chi connectivity index (χ2v) is 5.39. The summed E-state index contributed by atoms with van der Waals surface area (Å²) in [6.07, 6.45) is -4.33. The molecule has 0 aromatic heterocycles. The Hall–Kier alpha value is -1.49. The Labute approximate surface area is 123 Å².